The van der Waals surface area contributed by atoms with E-state index in [1.807, 2.05) is 31.2 Å². The van der Waals surface area contributed by atoms with Crippen molar-refractivity contribution >= 4 is 16.9 Å². The SMILES string of the molecule is C=C(/C=C\C=C1CCCC1)c1nnc(-c2ccc(OC(C)CC)c(C#N)c2)s1.COCCN(C)CCOC. The maximum Gasteiger partial charge on any atom is 0.148 e. The highest BCUT2D eigenvalue weighted by Crippen LogP contribution is 2.31. The van der Waals surface area contributed by atoms with E-state index in [9.17, 15) is 5.26 Å². The molecule has 0 bridgehead atoms. The first kappa shape index (κ1) is 31.4. The third-order valence-corrected chi connectivity index (χ3v) is 7.23. The number of nitriles is 1. The lowest BCUT2D eigenvalue weighted by Gasteiger charge is -2.14. The second kappa shape index (κ2) is 17.6. The molecule has 1 aliphatic rings. The molecule has 1 aromatic carbocycles. The number of likely N-dealkylation sites (N-methyl/N-ethyl adjacent to an activating group) is 1. The molecule has 0 amide bonds. The molecule has 1 saturated carbocycles. The maximum atomic E-state index is 9.46. The van der Waals surface area contributed by atoms with Crippen LogP contribution < -0.4 is 4.74 Å². The summed E-state index contributed by atoms with van der Waals surface area (Å²) in [6, 6.07) is 7.79. The zero-order chi connectivity index (χ0) is 27.8. The van der Waals surface area contributed by atoms with Gasteiger partial charge >= 0.3 is 0 Å². The number of benzene rings is 1. The number of hydrogen-bond acceptors (Lipinski definition) is 8. The quantitative estimate of drug-likeness (QED) is 0.268. The number of methoxy groups -OCH3 is 2. The molecular weight excluding hydrogens is 496 g/mol. The number of allylic oxidation sites excluding steroid dienone is 5. The van der Waals surface area contributed by atoms with E-state index in [-0.39, 0.29) is 6.10 Å². The van der Waals surface area contributed by atoms with Crippen molar-refractivity contribution in [3.8, 4) is 22.4 Å². The van der Waals surface area contributed by atoms with Crippen LogP contribution in [0, 0.1) is 11.3 Å². The summed E-state index contributed by atoms with van der Waals surface area (Å²) in [6.07, 6.45) is 12.2. The van der Waals surface area contributed by atoms with E-state index in [4.69, 9.17) is 14.2 Å². The van der Waals surface area contributed by atoms with E-state index in [1.165, 1.54) is 42.6 Å². The first-order valence-electron chi connectivity index (χ1n) is 13.2. The molecule has 38 heavy (non-hydrogen) atoms. The van der Waals surface area contributed by atoms with Gasteiger partial charge in [-0.2, -0.15) is 5.26 Å². The van der Waals surface area contributed by atoms with E-state index in [0.29, 0.717) is 11.3 Å². The lowest BCUT2D eigenvalue weighted by molar-refractivity contribution is 0.128. The monoisotopic (exact) mass is 538 g/mol. The van der Waals surface area contributed by atoms with Crippen LogP contribution in [0.4, 0.5) is 0 Å². The van der Waals surface area contributed by atoms with Crippen molar-refractivity contribution in [2.24, 2.45) is 0 Å². The van der Waals surface area contributed by atoms with Crippen molar-refractivity contribution in [3.63, 3.8) is 0 Å². The molecule has 1 heterocycles. The standard InChI is InChI=1S/C23H25N3OS.C7H17NO2/c1-4-17(3)27-21-13-12-19(14-20(21)15-24)23-26-25-22(28-23)16(2)8-7-11-18-9-5-6-10-18;1-8(4-6-9-2)5-7-10-3/h7-8,11-14,17H,2,4-6,9-10H2,1,3H3;4-7H2,1-3H3/b8-7-;. The van der Waals surface area contributed by atoms with E-state index >= 15 is 0 Å². The van der Waals surface area contributed by atoms with E-state index < -0.39 is 0 Å². The predicted molar refractivity (Wildman–Crippen MR) is 156 cm³/mol. The fraction of sp³-hybridized carbons (Fsp3) is 0.500. The van der Waals surface area contributed by atoms with Gasteiger partial charge in [0.1, 0.15) is 21.8 Å². The lowest BCUT2D eigenvalue weighted by atomic mass is 10.1. The third kappa shape index (κ3) is 10.9. The molecule has 0 aliphatic heterocycles. The van der Waals surface area contributed by atoms with Gasteiger partial charge in [0.2, 0.25) is 0 Å². The molecular formula is C30H42N4O3S. The molecule has 3 rings (SSSR count). The fourth-order valence-electron chi connectivity index (χ4n) is 3.60. The summed E-state index contributed by atoms with van der Waals surface area (Å²) < 4.78 is 15.6. The molecule has 0 N–H and O–H groups in total. The molecule has 1 aromatic heterocycles. The Hall–Kier alpha value is -2.83. The van der Waals surface area contributed by atoms with Gasteiger partial charge in [-0.15, -0.1) is 10.2 Å². The second-order valence-electron chi connectivity index (χ2n) is 9.28. The van der Waals surface area contributed by atoms with Gasteiger partial charge in [0, 0.05) is 38.4 Å². The predicted octanol–water partition coefficient (Wildman–Crippen LogP) is 6.53. The molecule has 0 radical (unpaired) electrons. The van der Waals surface area contributed by atoms with Gasteiger partial charge in [-0.25, -0.2) is 0 Å². The van der Waals surface area contributed by atoms with E-state index in [0.717, 1.165) is 53.9 Å². The number of rotatable bonds is 13. The van der Waals surface area contributed by atoms with Gasteiger partial charge < -0.3 is 19.1 Å². The summed E-state index contributed by atoms with van der Waals surface area (Å²) in [7, 11) is 5.48. The summed E-state index contributed by atoms with van der Waals surface area (Å²) in [5.74, 6) is 0.609. The van der Waals surface area contributed by atoms with E-state index in [1.54, 1.807) is 14.2 Å². The van der Waals surface area contributed by atoms with Gasteiger partial charge in [-0.3, -0.25) is 0 Å². The van der Waals surface area contributed by atoms with E-state index in [2.05, 4.69) is 53.9 Å². The summed E-state index contributed by atoms with van der Waals surface area (Å²) in [4.78, 5) is 2.17. The van der Waals surface area contributed by atoms with Crippen LogP contribution in [-0.2, 0) is 9.47 Å². The van der Waals surface area contributed by atoms with Crippen LogP contribution in [0.2, 0.25) is 0 Å². The number of ether oxygens (including phenoxy) is 3. The molecule has 0 spiro atoms. The largest absolute Gasteiger partial charge is 0.489 e. The minimum atomic E-state index is 0.0698. The average molecular weight is 539 g/mol. The minimum absolute atomic E-state index is 0.0698. The van der Waals surface area contributed by atoms with Gasteiger partial charge in [-0.1, -0.05) is 48.6 Å². The van der Waals surface area contributed by atoms with Crippen molar-refractivity contribution in [2.75, 3.05) is 47.6 Å². The van der Waals surface area contributed by atoms with Gasteiger partial charge in [0.15, 0.2) is 0 Å². The normalized spacial score (nSPS) is 13.8. The fourth-order valence-corrected chi connectivity index (χ4v) is 4.39. The highest BCUT2D eigenvalue weighted by atomic mass is 32.1. The molecule has 7 nitrogen and oxygen atoms in total. The highest BCUT2D eigenvalue weighted by Gasteiger charge is 2.13. The topological polar surface area (TPSA) is 80.5 Å². The second-order valence-corrected chi connectivity index (χ2v) is 10.3. The van der Waals surface area contributed by atoms with Crippen molar-refractivity contribution in [3.05, 3.63) is 59.2 Å². The van der Waals surface area contributed by atoms with Crippen molar-refractivity contribution in [1.29, 1.82) is 5.26 Å². The molecule has 1 unspecified atom stereocenters. The molecule has 1 atom stereocenters. The highest BCUT2D eigenvalue weighted by molar-refractivity contribution is 7.15. The molecule has 1 fully saturated rings. The molecule has 0 saturated heterocycles. The minimum Gasteiger partial charge on any atom is -0.489 e. The number of nitrogens with zero attached hydrogens (tertiary/aromatic N) is 4. The van der Waals surface area contributed by atoms with Crippen LogP contribution in [0.25, 0.3) is 16.1 Å². The Kier molecular flexibility index (Phi) is 14.6. The average Bonchev–Trinajstić information content (AvgIpc) is 3.64. The van der Waals surface area contributed by atoms with Crippen molar-refractivity contribution in [1.82, 2.24) is 15.1 Å². The Bertz CT molecular complexity index is 1090. The lowest BCUT2D eigenvalue weighted by Crippen LogP contribution is -2.26. The zero-order valence-electron chi connectivity index (χ0n) is 23.5. The molecule has 2 aromatic rings. The Morgan fingerprint density at radius 3 is 2.47 bits per heavy atom. The number of hydrogen-bond donors (Lipinski definition) is 0. The van der Waals surface area contributed by atoms with Gasteiger partial charge in [0.05, 0.1) is 24.9 Å². The van der Waals surface area contributed by atoms with Crippen molar-refractivity contribution in [2.45, 2.75) is 52.1 Å². The van der Waals surface area contributed by atoms with Crippen LogP contribution >= 0.6 is 11.3 Å². The smallest absolute Gasteiger partial charge is 0.148 e. The Labute approximate surface area is 232 Å². The Morgan fingerprint density at radius 2 is 1.87 bits per heavy atom. The van der Waals surface area contributed by atoms with Crippen molar-refractivity contribution < 1.29 is 14.2 Å². The zero-order valence-corrected chi connectivity index (χ0v) is 24.4. The summed E-state index contributed by atoms with van der Waals surface area (Å²) in [6.45, 7) is 11.7. The molecule has 8 heteroatoms. The van der Waals surface area contributed by atoms with Crippen LogP contribution in [0.1, 0.15) is 56.5 Å². The summed E-state index contributed by atoms with van der Waals surface area (Å²) in [5, 5.41) is 19.6. The maximum absolute atomic E-state index is 9.46. The first-order valence-corrected chi connectivity index (χ1v) is 14.0. The Morgan fingerprint density at radius 1 is 1.18 bits per heavy atom. The van der Waals surface area contributed by atoms with Crippen LogP contribution in [0.3, 0.4) is 0 Å². The Balaban J connectivity index is 0.000000432. The third-order valence-electron chi connectivity index (χ3n) is 6.18. The van der Waals surface area contributed by atoms with Crippen LogP contribution in [0.15, 0.2) is 48.6 Å². The first-order chi connectivity index (χ1) is 18.4. The molecule has 1 aliphatic carbocycles. The van der Waals surface area contributed by atoms with Gasteiger partial charge in [-0.05, 0) is 64.3 Å². The molecule has 206 valence electrons. The van der Waals surface area contributed by atoms with Crippen LogP contribution in [-0.4, -0.2) is 68.8 Å². The van der Waals surface area contributed by atoms with Crippen LogP contribution in [0.5, 0.6) is 5.75 Å². The summed E-state index contributed by atoms with van der Waals surface area (Å²) >= 11 is 1.48. The number of aromatic nitrogens is 2. The summed E-state index contributed by atoms with van der Waals surface area (Å²) in [5.41, 5.74) is 3.72. The van der Waals surface area contributed by atoms with Gasteiger partial charge in [0.25, 0.3) is 0 Å².